The molecule has 2 aromatic carbocycles. The van der Waals surface area contributed by atoms with Crippen molar-refractivity contribution in [2.75, 3.05) is 38.6 Å². The van der Waals surface area contributed by atoms with Crippen LogP contribution in [0.2, 0.25) is 0 Å². The number of rotatable bonds is 6. The molecule has 1 aromatic heterocycles. The molecule has 2 heterocycles. The van der Waals surface area contributed by atoms with Crippen molar-refractivity contribution in [3.63, 3.8) is 0 Å². The van der Waals surface area contributed by atoms with Gasteiger partial charge in [0.1, 0.15) is 0 Å². The van der Waals surface area contributed by atoms with Crippen molar-refractivity contribution in [2.24, 2.45) is 0 Å². The number of carbonyl (C=O) groups is 1. The molecule has 4 rings (SSSR count). The summed E-state index contributed by atoms with van der Waals surface area (Å²) in [7, 11) is -3.43. The van der Waals surface area contributed by atoms with E-state index in [1.165, 1.54) is 4.31 Å². The Balaban J connectivity index is 1.55. The summed E-state index contributed by atoms with van der Waals surface area (Å²) in [5.74, 6) is -0.462. The molecule has 0 radical (unpaired) electrons. The Hall–Kier alpha value is -2.81. The highest BCUT2D eigenvalue weighted by Gasteiger charge is 2.24. The third-order valence-corrected chi connectivity index (χ3v) is 7.19. The Labute approximate surface area is 182 Å². The van der Waals surface area contributed by atoms with Crippen LogP contribution in [-0.2, 0) is 14.8 Å². The number of ether oxygens (including phenoxy) is 1. The van der Waals surface area contributed by atoms with Crippen LogP contribution in [0.3, 0.4) is 0 Å². The van der Waals surface area contributed by atoms with Gasteiger partial charge in [-0.2, -0.15) is 4.31 Å². The quantitative estimate of drug-likeness (QED) is 0.638. The Kier molecular flexibility index (Phi) is 6.31. The predicted molar refractivity (Wildman–Crippen MR) is 120 cm³/mol. The first kappa shape index (κ1) is 21.4. The standard InChI is InChI=1S/C23H25N3O4S/c1-17-6-8-18(9-7-17)22-16-20(19-4-2-3-5-21(19)25-22)23(27)24-10-15-31(28,29)26-11-13-30-14-12-26/h2-9,16H,10-15H2,1H3,(H,24,27). The van der Waals surface area contributed by atoms with Gasteiger partial charge in [0.2, 0.25) is 10.0 Å². The fourth-order valence-corrected chi connectivity index (χ4v) is 4.90. The van der Waals surface area contributed by atoms with Gasteiger partial charge in [-0.1, -0.05) is 48.0 Å². The number of benzene rings is 2. The molecule has 0 aliphatic carbocycles. The predicted octanol–water partition coefficient (Wildman–Crippen LogP) is 2.60. The number of aryl methyl sites for hydroxylation is 1. The zero-order valence-corrected chi connectivity index (χ0v) is 18.2. The number of morpholine rings is 1. The minimum atomic E-state index is -3.43. The lowest BCUT2D eigenvalue weighted by atomic mass is 10.0. The van der Waals surface area contributed by atoms with Gasteiger partial charge in [0, 0.05) is 30.6 Å². The summed E-state index contributed by atoms with van der Waals surface area (Å²) in [6.45, 7) is 3.56. The van der Waals surface area contributed by atoms with E-state index >= 15 is 0 Å². The van der Waals surface area contributed by atoms with Crippen LogP contribution < -0.4 is 5.32 Å². The van der Waals surface area contributed by atoms with Crippen LogP contribution in [-0.4, -0.2) is 62.2 Å². The third-order valence-electron chi connectivity index (χ3n) is 5.32. The number of amides is 1. The topological polar surface area (TPSA) is 88.6 Å². The number of sulfonamides is 1. The van der Waals surface area contributed by atoms with Crippen molar-refractivity contribution in [1.29, 1.82) is 0 Å². The van der Waals surface area contributed by atoms with Gasteiger partial charge < -0.3 is 10.1 Å². The molecule has 1 amide bonds. The molecule has 1 fully saturated rings. The second kappa shape index (κ2) is 9.13. The molecular weight excluding hydrogens is 414 g/mol. The number of carbonyl (C=O) groups excluding carboxylic acids is 1. The Morgan fingerprint density at radius 2 is 1.81 bits per heavy atom. The summed E-state index contributed by atoms with van der Waals surface area (Å²) in [6, 6.07) is 17.2. The van der Waals surface area contributed by atoms with Crippen molar-refractivity contribution >= 4 is 26.8 Å². The van der Waals surface area contributed by atoms with E-state index in [1.807, 2.05) is 55.5 Å². The number of pyridine rings is 1. The summed E-state index contributed by atoms with van der Waals surface area (Å²) >= 11 is 0. The van der Waals surface area contributed by atoms with Gasteiger partial charge >= 0.3 is 0 Å². The van der Waals surface area contributed by atoms with Crippen molar-refractivity contribution in [2.45, 2.75) is 6.92 Å². The molecule has 162 valence electrons. The summed E-state index contributed by atoms with van der Waals surface area (Å²) in [5.41, 5.74) is 3.95. The molecule has 0 bridgehead atoms. The smallest absolute Gasteiger partial charge is 0.252 e. The van der Waals surface area contributed by atoms with Gasteiger partial charge in [0.05, 0.1) is 35.7 Å². The van der Waals surface area contributed by atoms with Crippen LogP contribution in [0.15, 0.2) is 54.6 Å². The summed E-state index contributed by atoms with van der Waals surface area (Å²) in [5, 5.41) is 3.50. The van der Waals surface area contributed by atoms with Crippen LogP contribution in [0, 0.1) is 6.92 Å². The van der Waals surface area contributed by atoms with Gasteiger partial charge in [0.15, 0.2) is 0 Å². The molecule has 1 saturated heterocycles. The van der Waals surface area contributed by atoms with Crippen molar-refractivity contribution in [3.05, 3.63) is 65.7 Å². The first-order chi connectivity index (χ1) is 14.9. The lowest BCUT2D eigenvalue weighted by Gasteiger charge is -2.26. The Morgan fingerprint density at radius 1 is 1.10 bits per heavy atom. The van der Waals surface area contributed by atoms with E-state index in [0.717, 1.165) is 16.5 Å². The van der Waals surface area contributed by atoms with Crippen LogP contribution in [0.4, 0.5) is 0 Å². The number of fused-ring (bicyclic) bond motifs is 1. The highest BCUT2D eigenvalue weighted by molar-refractivity contribution is 7.89. The van der Waals surface area contributed by atoms with E-state index in [1.54, 1.807) is 6.07 Å². The molecule has 0 saturated carbocycles. The average Bonchev–Trinajstić information content (AvgIpc) is 2.79. The number of nitrogens with zero attached hydrogens (tertiary/aromatic N) is 2. The molecule has 0 unspecified atom stereocenters. The summed E-state index contributed by atoms with van der Waals surface area (Å²) < 4.78 is 31.6. The fraction of sp³-hybridized carbons (Fsp3) is 0.304. The maximum absolute atomic E-state index is 13.0. The van der Waals surface area contributed by atoms with E-state index in [0.29, 0.717) is 43.1 Å². The lowest BCUT2D eigenvalue weighted by molar-refractivity contribution is 0.0730. The molecule has 1 aliphatic rings. The maximum atomic E-state index is 13.0. The highest BCUT2D eigenvalue weighted by Crippen LogP contribution is 2.25. The average molecular weight is 440 g/mol. The van der Waals surface area contributed by atoms with Crippen LogP contribution in [0.25, 0.3) is 22.2 Å². The normalized spacial score (nSPS) is 15.1. The lowest BCUT2D eigenvalue weighted by Crippen LogP contribution is -2.43. The van der Waals surface area contributed by atoms with Gasteiger partial charge in [0.25, 0.3) is 5.91 Å². The van der Waals surface area contributed by atoms with Gasteiger partial charge in [-0.3, -0.25) is 4.79 Å². The zero-order chi connectivity index (χ0) is 21.8. The van der Waals surface area contributed by atoms with E-state index in [2.05, 4.69) is 5.32 Å². The van der Waals surface area contributed by atoms with Crippen LogP contribution in [0.5, 0.6) is 0 Å². The number of para-hydroxylation sites is 1. The van der Waals surface area contributed by atoms with Crippen molar-refractivity contribution in [3.8, 4) is 11.3 Å². The Morgan fingerprint density at radius 3 is 2.55 bits per heavy atom. The molecule has 31 heavy (non-hydrogen) atoms. The van der Waals surface area contributed by atoms with E-state index in [-0.39, 0.29) is 18.2 Å². The molecule has 1 aliphatic heterocycles. The van der Waals surface area contributed by atoms with E-state index in [9.17, 15) is 13.2 Å². The minimum absolute atomic E-state index is 0.0367. The third kappa shape index (κ3) is 4.92. The first-order valence-electron chi connectivity index (χ1n) is 10.2. The van der Waals surface area contributed by atoms with Gasteiger partial charge in [-0.05, 0) is 19.1 Å². The number of hydrogen-bond donors (Lipinski definition) is 1. The largest absolute Gasteiger partial charge is 0.379 e. The molecule has 8 heteroatoms. The monoisotopic (exact) mass is 439 g/mol. The highest BCUT2D eigenvalue weighted by atomic mass is 32.2. The Bertz CT molecular complexity index is 1190. The van der Waals surface area contributed by atoms with E-state index in [4.69, 9.17) is 9.72 Å². The number of aromatic nitrogens is 1. The summed E-state index contributed by atoms with van der Waals surface area (Å²) in [4.78, 5) is 17.7. The summed E-state index contributed by atoms with van der Waals surface area (Å²) in [6.07, 6.45) is 0. The van der Waals surface area contributed by atoms with E-state index < -0.39 is 10.0 Å². The van der Waals surface area contributed by atoms with Crippen molar-refractivity contribution in [1.82, 2.24) is 14.6 Å². The number of nitrogens with one attached hydrogen (secondary N) is 1. The molecule has 1 N–H and O–H groups in total. The van der Waals surface area contributed by atoms with Crippen LogP contribution >= 0.6 is 0 Å². The first-order valence-corrected chi connectivity index (χ1v) is 11.9. The SMILES string of the molecule is Cc1ccc(-c2cc(C(=O)NCCS(=O)(=O)N3CCOCC3)c3ccccc3n2)cc1. The van der Waals surface area contributed by atoms with Gasteiger partial charge in [-0.25, -0.2) is 13.4 Å². The van der Waals surface area contributed by atoms with Crippen molar-refractivity contribution < 1.29 is 17.9 Å². The molecular formula is C23H25N3O4S. The minimum Gasteiger partial charge on any atom is -0.379 e. The molecule has 3 aromatic rings. The zero-order valence-electron chi connectivity index (χ0n) is 17.4. The maximum Gasteiger partial charge on any atom is 0.252 e. The number of hydrogen-bond acceptors (Lipinski definition) is 5. The molecule has 0 spiro atoms. The second-order valence-corrected chi connectivity index (χ2v) is 9.61. The fourth-order valence-electron chi connectivity index (χ4n) is 3.58. The molecule has 7 nitrogen and oxygen atoms in total. The van der Waals surface area contributed by atoms with Crippen LogP contribution in [0.1, 0.15) is 15.9 Å². The molecule has 0 atom stereocenters. The second-order valence-electron chi connectivity index (χ2n) is 7.52. The van der Waals surface area contributed by atoms with Gasteiger partial charge in [-0.15, -0.1) is 0 Å².